The van der Waals surface area contributed by atoms with Crippen molar-refractivity contribution in [3.63, 3.8) is 0 Å². The summed E-state index contributed by atoms with van der Waals surface area (Å²) < 4.78 is 11.7. The zero-order chi connectivity index (χ0) is 18.8. The van der Waals surface area contributed by atoms with Gasteiger partial charge in [0.15, 0.2) is 11.5 Å². The molecule has 0 aliphatic carbocycles. The maximum absolute atomic E-state index is 12.8. The molecule has 0 aliphatic rings. The summed E-state index contributed by atoms with van der Waals surface area (Å²) in [5, 5.41) is 3.84. The van der Waals surface area contributed by atoms with Gasteiger partial charge in [0.1, 0.15) is 11.3 Å². The number of furan rings is 1. The highest BCUT2D eigenvalue weighted by molar-refractivity contribution is 6.07. The van der Waals surface area contributed by atoms with Crippen LogP contribution < -0.4 is 10.1 Å². The van der Waals surface area contributed by atoms with Gasteiger partial charge in [0, 0.05) is 10.9 Å². The Hall–Kier alpha value is -3.53. The van der Waals surface area contributed by atoms with E-state index in [1.54, 1.807) is 6.07 Å². The molecule has 0 saturated heterocycles. The second-order valence-electron chi connectivity index (χ2n) is 6.42. The summed E-state index contributed by atoms with van der Waals surface area (Å²) in [7, 11) is 0. The molecule has 4 heteroatoms. The lowest BCUT2D eigenvalue weighted by Gasteiger charge is -2.12. The van der Waals surface area contributed by atoms with Crippen LogP contribution >= 0.6 is 0 Å². The Morgan fingerprint density at radius 2 is 1.59 bits per heavy atom. The van der Waals surface area contributed by atoms with Crippen molar-refractivity contribution < 1.29 is 13.9 Å². The third kappa shape index (κ3) is 3.42. The molecule has 0 saturated carbocycles. The largest absolute Gasteiger partial charge is 0.455 e. The molecule has 0 atom stereocenters. The van der Waals surface area contributed by atoms with Crippen LogP contribution in [0.15, 0.2) is 77.2 Å². The van der Waals surface area contributed by atoms with Crippen molar-refractivity contribution in [2.24, 2.45) is 0 Å². The molecule has 0 aliphatic heterocycles. The van der Waals surface area contributed by atoms with Crippen LogP contribution in [-0.2, 0) is 0 Å². The highest BCUT2D eigenvalue weighted by atomic mass is 16.5. The van der Waals surface area contributed by atoms with Crippen molar-refractivity contribution in [1.82, 2.24) is 0 Å². The number of benzene rings is 3. The number of hydrogen-bond acceptors (Lipinski definition) is 3. The maximum Gasteiger partial charge on any atom is 0.291 e. The Kier molecular flexibility index (Phi) is 4.38. The van der Waals surface area contributed by atoms with Gasteiger partial charge in [-0.25, -0.2) is 0 Å². The third-order valence-corrected chi connectivity index (χ3v) is 4.43. The van der Waals surface area contributed by atoms with Gasteiger partial charge in [0.05, 0.1) is 5.69 Å². The molecule has 3 aromatic carbocycles. The van der Waals surface area contributed by atoms with Crippen LogP contribution in [0.3, 0.4) is 0 Å². The van der Waals surface area contributed by atoms with Crippen LogP contribution in [0.25, 0.3) is 11.0 Å². The zero-order valence-electron chi connectivity index (χ0n) is 15.2. The zero-order valence-corrected chi connectivity index (χ0v) is 15.2. The van der Waals surface area contributed by atoms with Crippen molar-refractivity contribution in [3.05, 3.63) is 89.7 Å². The first kappa shape index (κ1) is 16.9. The summed E-state index contributed by atoms with van der Waals surface area (Å²) in [6, 6.07) is 22.7. The molecule has 4 rings (SSSR count). The Balaban J connectivity index is 1.61. The molecule has 27 heavy (non-hydrogen) atoms. The van der Waals surface area contributed by atoms with E-state index < -0.39 is 0 Å². The number of anilines is 1. The topological polar surface area (TPSA) is 51.5 Å². The van der Waals surface area contributed by atoms with Crippen LogP contribution in [0.2, 0.25) is 0 Å². The Labute approximate surface area is 157 Å². The first-order valence-electron chi connectivity index (χ1n) is 8.75. The fourth-order valence-corrected chi connectivity index (χ4v) is 2.96. The van der Waals surface area contributed by atoms with Gasteiger partial charge in [0.25, 0.3) is 5.91 Å². The van der Waals surface area contributed by atoms with E-state index in [9.17, 15) is 4.79 Å². The molecular weight excluding hydrogens is 338 g/mol. The van der Waals surface area contributed by atoms with Gasteiger partial charge in [-0.3, -0.25) is 4.79 Å². The van der Waals surface area contributed by atoms with Crippen LogP contribution in [0.1, 0.15) is 21.7 Å². The average Bonchev–Trinajstić information content (AvgIpc) is 3.02. The molecule has 0 fully saturated rings. The maximum atomic E-state index is 12.8. The highest BCUT2D eigenvalue weighted by Gasteiger charge is 2.18. The number of para-hydroxylation sites is 3. The summed E-state index contributed by atoms with van der Waals surface area (Å²) >= 11 is 0. The fourth-order valence-electron chi connectivity index (χ4n) is 2.96. The first-order chi connectivity index (χ1) is 13.1. The number of ether oxygens (including phenoxy) is 1. The number of nitrogens with one attached hydrogen (secondary N) is 1. The van der Waals surface area contributed by atoms with E-state index in [1.807, 2.05) is 80.6 Å². The molecular formula is C23H19NO3. The van der Waals surface area contributed by atoms with Crippen LogP contribution in [0, 0.1) is 13.8 Å². The predicted octanol–water partition coefficient (Wildman–Crippen LogP) is 6.09. The molecule has 4 aromatic rings. The van der Waals surface area contributed by atoms with E-state index in [-0.39, 0.29) is 5.91 Å². The van der Waals surface area contributed by atoms with Gasteiger partial charge in [-0.2, -0.15) is 0 Å². The van der Waals surface area contributed by atoms with Crippen molar-refractivity contribution in [1.29, 1.82) is 0 Å². The molecule has 0 bridgehead atoms. The minimum absolute atomic E-state index is 0.302. The van der Waals surface area contributed by atoms with Crippen molar-refractivity contribution >= 4 is 22.6 Å². The number of carbonyl (C=O) groups is 1. The van der Waals surface area contributed by atoms with Gasteiger partial charge in [-0.05, 0) is 44.2 Å². The van der Waals surface area contributed by atoms with E-state index in [1.165, 1.54) is 0 Å². The quantitative estimate of drug-likeness (QED) is 0.480. The summed E-state index contributed by atoms with van der Waals surface area (Å²) in [6.45, 7) is 3.91. The van der Waals surface area contributed by atoms with E-state index >= 15 is 0 Å². The van der Waals surface area contributed by atoms with E-state index in [2.05, 4.69) is 5.32 Å². The summed E-state index contributed by atoms with van der Waals surface area (Å²) in [5.41, 5.74) is 3.26. The number of amides is 1. The molecule has 134 valence electrons. The molecule has 1 aromatic heterocycles. The predicted molar refractivity (Wildman–Crippen MR) is 107 cm³/mol. The number of hydrogen-bond donors (Lipinski definition) is 1. The minimum atomic E-state index is -0.302. The molecule has 0 unspecified atom stereocenters. The van der Waals surface area contributed by atoms with E-state index in [4.69, 9.17) is 9.15 Å². The van der Waals surface area contributed by atoms with Crippen molar-refractivity contribution in [2.75, 3.05) is 5.32 Å². The molecule has 0 spiro atoms. The van der Waals surface area contributed by atoms with Gasteiger partial charge in [-0.15, -0.1) is 0 Å². The van der Waals surface area contributed by atoms with Gasteiger partial charge < -0.3 is 14.5 Å². The molecule has 4 nitrogen and oxygen atoms in total. The lowest BCUT2D eigenvalue weighted by Crippen LogP contribution is -2.12. The third-order valence-electron chi connectivity index (χ3n) is 4.43. The molecule has 1 heterocycles. The number of rotatable bonds is 4. The van der Waals surface area contributed by atoms with Gasteiger partial charge in [-0.1, -0.05) is 48.0 Å². The van der Waals surface area contributed by atoms with E-state index in [0.717, 1.165) is 16.5 Å². The first-order valence-corrected chi connectivity index (χ1v) is 8.75. The van der Waals surface area contributed by atoms with Crippen LogP contribution in [0.4, 0.5) is 5.69 Å². The fraction of sp³-hybridized carbons (Fsp3) is 0.0870. The lowest BCUT2D eigenvalue weighted by atomic mass is 10.1. The summed E-state index contributed by atoms with van der Waals surface area (Å²) in [6.07, 6.45) is 0. The van der Waals surface area contributed by atoms with Crippen LogP contribution in [0.5, 0.6) is 11.5 Å². The minimum Gasteiger partial charge on any atom is -0.455 e. The normalized spacial score (nSPS) is 10.7. The Morgan fingerprint density at radius 3 is 2.37 bits per heavy atom. The second-order valence-corrected chi connectivity index (χ2v) is 6.42. The highest BCUT2D eigenvalue weighted by Crippen LogP contribution is 2.31. The molecule has 0 radical (unpaired) electrons. The molecule has 1 N–H and O–H groups in total. The van der Waals surface area contributed by atoms with Crippen molar-refractivity contribution in [2.45, 2.75) is 13.8 Å². The van der Waals surface area contributed by atoms with Crippen molar-refractivity contribution in [3.8, 4) is 11.5 Å². The SMILES string of the molecule is Cc1ccc(Oc2ccccc2NC(=O)c2oc3ccccc3c2C)cc1. The molecule has 1 amide bonds. The van der Waals surface area contributed by atoms with Gasteiger partial charge in [0.2, 0.25) is 0 Å². The second kappa shape index (κ2) is 7.00. The lowest BCUT2D eigenvalue weighted by molar-refractivity contribution is 0.0997. The Bertz CT molecular complexity index is 1110. The Morgan fingerprint density at radius 1 is 0.889 bits per heavy atom. The number of fused-ring (bicyclic) bond motifs is 1. The van der Waals surface area contributed by atoms with E-state index in [0.29, 0.717) is 28.5 Å². The standard InChI is InChI=1S/C23H19NO3/c1-15-11-13-17(14-12-15)26-21-10-6-4-8-19(21)24-23(25)22-16(2)18-7-3-5-9-20(18)27-22/h3-14H,1-2H3,(H,24,25). The average molecular weight is 357 g/mol. The van der Waals surface area contributed by atoms with Gasteiger partial charge >= 0.3 is 0 Å². The van der Waals surface area contributed by atoms with Crippen LogP contribution in [-0.4, -0.2) is 5.91 Å². The number of aryl methyl sites for hydroxylation is 2. The smallest absolute Gasteiger partial charge is 0.291 e. The summed E-state index contributed by atoms with van der Waals surface area (Å²) in [5.74, 6) is 1.29. The monoisotopic (exact) mass is 357 g/mol. The summed E-state index contributed by atoms with van der Waals surface area (Å²) in [4.78, 5) is 12.8. The number of carbonyl (C=O) groups excluding carboxylic acids is 1.